The van der Waals surface area contributed by atoms with Crippen LogP contribution in [-0.2, 0) is 0 Å². The van der Waals surface area contributed by atoms with Gasteiger partial charge in [-0.2, -0.15) is 0 Å². The second-order valence-corrected chi connectivity index (χ2v) is 4.27. The monoisotopic (exact) mass is 262 g/mol. The third-order valence-electron chi connectivity index (χ3n) is 2.24. The van der Waals surface area contributed by atoms with Crippen LogP contribution >= 0.6 is 15.9 Å². The molecular formula is C12H11BrN2. The van der Waals surface area contributed by atoms with E-state index in [4.69, 9.17) is 11.5 Å². The Morgan fingerprint density at radius 1 is 0.867 bits per heavy atom. The molecule has 0 aliphatic rings. The normalized spacial score (nSPS) is 10.2. The van der Waals surface area contributed by atoms with Crippen LogP contribution in [0.1, 0.15) is 0 Å². The minimum Gasteiger partial charge on any atom is -0.399 e. The molecule has 0 aromatic heterocycles. The van der Waals surface area contributed by atoms with Gasteiger partial charge in [-0.25, -0.2) is 0 Å². The van der Waals surface area contributed by atoms with Crippen molar-refractivity contribution in [2.75, 3.05) is 11.5 Å². The van der Waals surface area contributed by atoms with Crippen molar-refractivity contribution in [2.24, 2.45) is 0 Å². The fourth-order valence-electron chi connectivity index (χ4n) is 1.44. The summed E-state index contributed by atoms with van der Waals surface area (Å²) in [6.07, 6.45) is 0. The molecule has 3 heteroatoms. The molecule has 4 N–H and O–H groups in total. The van der Waals surface area contributed by atoms with Gasteiger partial charge in [-0.05, 0) is 35.9 Å². The van der Waals surface area contributed by atoms with Gasteiger partial charge in [-0.15, -0.1) is 0 Å². The van der Waals surface area contributed by atoms with Crippen LogP contribution in [0.15, 0.2) is 46.9 Å². The molecule has 2 aromatic carbocycles. The molecule has 15 heavy (non-hydrogen) atoms. The quantitative estimate of drug-likeness (QED) is 0.776. The van der Waals surface area contributed by atoms with Gasteiger partial charge >= 0.3 is 0 Å². The fraction of sp³-hybridized carbons (Fsp3) is 0. The first-order valence-corrected chi connectivity index (χ1v) is 5.37. The molecule has 0 amide bonds. The van der Waals surface area contributed by atoms with Gasteiger partial charge in [0.1, 0.15) is 0 Å². The number of hydrogen-bond acceptors (Lipinski definition) is 2. The molecule has 2 rings (SSSR count). The maximum absolute atomic E-state index is 5.91. The predicted molar refractivity (Wildman–Crippen MR) is 68.4 cm³/mol. The van der Waals surface area contributed by atoms with E-state index in [1.807, 2.05) is 42.5 Å². The molecule has 2 nitrogen and oxygen atoms in total. The third-order valence-corrected chi connectivity index (χ3v) is 2.73. The van der Waals surface area contributed by atoms with Gasteiger partial charge in [-0.1, -0.05) is 28.1 Å². The van der Waals surface area contributed by atoms with E-state index in [2.05, 4.69) is 15.9 Å². The first-order valence-electron chi connectivity index (χ1n) is 4.58. The van der Waals surface area contributed by atoms with Crippen molar-refractivity contribution >= 4 is 27.3 Å². The van der Waals surface area contributed by atoms with Crippen molar-refractivity contribution in [1.82, 2.24) is 0 Å². The van der Waals surface area contributed by atoms with E-state index in [1.54, 1.807) is 0 Å². The molecule has 0 saturated carbocycles. The first kappa shape index (κ1) is 10.1. The maximum atomic E-state index is 5.91. The number of nitrogen functional groups attached to an aromatic ring is 2. The average molecular weight is 263 g/mol. The Hall–Kier alpha value is -1.48. The number of nitrogens with two attached hydrogens (primary N) is 2. The minimum atomic E-state index is 0.757. The number of anilines is 2. The molecule has 0 aliphatic carbocycles. The Balaban J connectivity index is 2.53. The molecule has 0 radical (unpaired) electrons. The topological polar surface area (TPSA) is 52.0 Å². The highest BCUT2D eigenvalue weighted by atomic mass is 79.9. The number of benzene rings is 2. The summed E-state index contributed by atoms with van der Waals surface area (Å²) in [5, 5.41) is 0. The van der Waals surface area contributed by atoms with E-state index in [-0.39, 0.29) is 0 Å². The lowest BCUT2D eigenvalue weighted by Gasteiger charge is -2.06. The minimum absolute atomic E-state index is 0.757. The highest BCUT2D eigenvalue weighted by Crippen LogP contribution is 2.29. The Morgan fingerprint density at radius 2 is 1.53 bits per heavy atom. The molecular weight excluding hydrogens is 252 g/mol. The molecule has 2 aromatic rings. The average Bonchev–Trinajstić information content (AvgIpc) is 2.23. The zero-order chi connectivity index (χ0) is 10.8. The summed E-state index contributed by atoms with van der Waals surface area (Å²) in [6.45, 7) is 0. The van der Waals surface area contributed by atoms with Crippen LogP contribution in [0.2, 0.25) is 0 Å². The molecule has 0 atom stereocenters. The lowest BCUT2D eigenvalue weighted by atomic mass is 10.0. The molecule has 0 bridgehead atoms. The molecule has 0 heterocycles. The first-order chi connectivity index (χ1) is 7.16. The molecule has 76 valence electrons. The second kappa shape index (κ2) is 3.95. The van der Waals surface area contributed by atoms with E-state index in [0.29, 0.717) is 0 Å². The van der Waals surface area contributed by atoms with Crippen LogP contribution in [0.5, 0.6) is 0 Å². The highest BCUT2D eigenvalue weighted by Gasteiger charge is 2.02. The summed E-state index contributed by atoms with van der Waals surface area (Å²) in [7, 11) is 0. The SMILES string of the molecule is Nc1ccc(-c2cc(Br)ccc2N)cc1. The van der Waals surface area contributed by atoms with Crippen molar-refractivity contribution in [2.45, 2.75) is 0 Å². The van der Waals surface area contributed by atoms with Gasteiger partial charge in [-0.3, -0.25) is 0 Å². The van der Waals surface area contributed by atoms with Gasteiger partial charge in [0.2, 0.25) is 0 Å². The molecule has 0 spiro atoms. The van der Waals surface area contributed by atoms with Gasteiger partial charge in [0.15, 0.2) is 0 Å². The lowest BCUT2D eigenvalue weighted by Crippen LogP contribution is -1.90. The lowest BCUT2D eigenvalue weighted by molar-refractivity contribution is 1.58. The van der Waals surface area contributed by atoms with Crippen LogP contribution in [0.4, 0.5) is 11.4 Å². The van der Waals surface area contributed by atoms with Crippen molar-refractivity contribution in [3.05, 3.63) is 46.9 Å². The number of rotatable bonds is 1. The summed E-state index contributed by atoms with van der Waals surface area (Å²) in [5.74, 6) is 0. The Bertz CT molecular complexity index is 477. The summed E-state index contributed by atoms with van der Waals surface area (Å²) in [4.78, 5) is 0. The van der Waals surface area contributed by atoms with Crippen LogP contribution in [0.3, 0.4) is 0 Å². The maximum Gasteiger partial charge on any atom is 0.0394 e. The van der Waals surface area contributed by atoms with E-state index in [9.17, 15) is 0 Å². The van der Waals surface area contributed by atoms with Crippen molar-refractivity contribution < 1.29 is 0 Å². The standard InChI is InChI=1S/C12H11BrN2/c13-9-3-6-12(15)11(7-9)8-1-4-10(14)5-2-8/h1-7H,14-15H2. The summed E-state index contributed by atoms with van der Waals surface area (Å²) < 4.78 is 1.02. The number of halogens is 1. The molecule has 0 unspecified atom stereocenters. The van der Waals surface area contributed by atoms with Crippen LogP contribution < -0.4 is 11.5 Å². The van der Waals surface area contributed by atoms with Crippen LogP contribution in [0.25, 0.3) is 11.1 Å². The van der Waals surface area contributed by atoms with E-state index >= 15 is 0 Å². The molecule has 0 aliphatic heterocycles. The Kier molecular flexibility index (Phi) is 2.64. The summed E-state index contributed by atoms with van der Waals surface area (Å²) in [6, 6.07) is 13.5. The fourth-order valence-corrected chi connectivity index (χ4v) is 1.80. The third kappa shape index (κ3) is 2.13. The molecule has 0 fully saturated rings. The van der Waals surface area contributed by atoms with Gasteiger partial charge in [0, 0.05) is 21.4 Å². The highest BCUT2D eigenvalue weighted by molar-refractivity contribution is 9.10. The largest absolute Gasteiger partial charge is 0.399 e. The number of hydrogen-bond donors (Lipinski definition) is 2. The molecule has 0 saturated heterocycles. The van der Waals surface area contributed by atoms with E-state index < -0.39 is 0 Å². The van der Waals surface area contributed by atoms with Crippen molar-refractivity contribution in [3.63, 3.8) is 0 Å². The second-order valence-electron chi connectivity index (χ2n) is 3.35. The Labute approximate surface area is 97.0 Å². The van der Waals surface area contributed by atoms with Gasteiger partial charge < -0.3 is 11.5 Å². The zero-order valence-electron chi connectivity index (χ0n) is 8.07. The van der Waals surface area contributed by atoms with Gasteiger partial charge in [0.05, 0.1) is 0 Å². The van der Waals surface area contributed by atoms with E-state index in [1.165, 1.54) is 0 Å². The van der Waals surface area contributed by atoms with E-state index in [0.717, 1.165) is 27.0 Å². The van der Waals surface area contributed by atoms with Crippen molar-refractivity contribution in [3.8, 4) is 11.1 Å². The zero-order valence-corrected chi connectivity index (χ0v) is 9.66. The predicted octanol–water partition coefficient (Wildman–Crippen LogP) is 3.28. The van der Waals surface area contributed by atoms with Gasteiger partial charge in [0.25, 0.3) is 0 Å². The summed E-state index contributed by atoms with van der Waals surface area (Å²) >= 11 is 3.43. The van der Waals surface area contributed by atoms with Crippen molar-refractivity contribution in [1.29, 1.82) is 0 Å². The Morgan fingerprint density at radius 3 is 2.20 bits per heavy atom. The smallest absolute Gasteiger partial charge is 0.0394 e. The summed E-state index contributed by atoms with van der Waals surface area (Å²) in [5.41, 5.74) is 15.2. The van der Waals surface area contributed by atoms with Crippen LogP contribution in [-0.4, -0.2) is 0 Å². The van der Waals surface area contributed by atoms with Crippen LogP contribution in [0, 0.1) is 0 Å².